The van der Waals surface area contributed by atoms with E-state index in [-0.39, 0.29) is 23.7 Å². The molecule has 7 nitrogen and oxygen atoms in total. The maximum absolute atomic E-state index is 12.6. The Labute approximate surface area is 168 Å². The molecule has 0 spiro atoms. The normalized spacial score (nSPS) is 23.8. The average Bonchev–Trinajstić information content (AvgIpc) is 2.93. The number of hydrogen-bond acceptors (Lipinski definition) is 5. The van der Waals surface area contributed by atoms with E-state index in [1.54, 1.807) is 24.3 Å². The fourth-order valence-corrected chi connectivity index (χ4v) is 3.98. The SMILES string of the molecule is C[C@H](OC(=O)[C@H](C)N1C(=O)[C@H]2CCCC[C@H]2C1=O)C(=O)Nc1ccccc1Cl. The van der Waals surface area contributed by atoms with Crippen molar-refractivity contribution in [2.45, 2.75) is 51.7 Å². The first-order valence-corrected chi connectivity index (χ1v) is 9.82. The van der Waals surface area contributed by atoms with Crippen LogP contribution in [0.15, 0.2) is 24.3 Å². The Morgan fingerprint density at radius 3 is 2.25 bits per heavy atom. The number of nitrogens with zero attached hydrogens (tertiary/aromatic N) is 1. The third kappa shape index (κ3) is 3.90. The number of fused-ring (bicyclic) bond motifs is 1. The van der Waals surface area contributed by atoms with Crippen LogP contribution in [0.2, 0.25) is 5.02 Å². The largest absolute Gasteiger partial charge is 0.451 e. The number of imide groups is 1. The monoisotopic (exact) mass is 406 g/mol. The van der Waals surface area contributed by atoms with E-state index >= 15 is 0 Å². The highest BCUT2D eigenvalue weighted by Crippen LogP contribution is 2.39. The van der Waals surface area contributed by atoms with E-state index in [9.17, 15) is 19.2 Å². The third-order valence-corrected chi connectivity index (χ3v) is 5.73. The summed E-state index contributed by atoms with van der Waals surface area (Å²) in [5.74, 6) is -2.64. The van der Waals surface area contributed by atoms with Crippen molar-refractivity contribution in [2.75, 3.05) is 5.32 Å². The van der Waals surface area contributed by atoms with E-state index in [0.29, 0.717) is 23.6 Å². The van der Waals surface area contributed by atoms with E-state index in [1.807, 2.05) is 0 Å². The van der Waals surface area contributed by atoms with Crippen LogP contribution in [0.1, 0.15) is 39.5 Å². The van der Waals surface area contributed by atoms with Crippen LogP contribution in [0.4, 0.5) is 5.69 Å². The van der Waals surface area contributed by atoms with Crippen molar-refractivity contribution in [1.82, 2.24) is 4.90 Å². The zero-order valence-corrected chi connectivity index (χ0v) is 16.6. The Hall–Kier alpha value is -2.41. The molecule has 8 heteroatoms. The van der Waals surface area contributed by atoms with Crippen molar-refractivity contribution < 1.29 is 23.9 Å². The zero-order valence-electron chi connectivity index (χ0n) is 15.8. The first-order valence-electron chi connectivity index (χ1n) is 9.44. The zero-order chi connectivity index (χ0) is 20.4. The van der Waals surface area contributed by atoms with E-state index in [2.05, 4.69) is 5.32 Å². The number of carbonyl (C=O) groups is 4. The molecule has 1 N–H and O–H groups in total. The van der Waals surface area contributed by atoms with Crippen LogP contribution < -0.4 is 5.32 Å². The number of para-hydroxylation sites is 1. The van der Waals surface area contributed by atoms with Crippen LogP contribution in [0.3, 0.4) is 0 Å². The molecule has 1 aliphatic heterocycles. The topological polar surface area (TPSA) is 92.8 Å². The van der Waals surface area contributed by atoms with Crippen LogP contribution in [0.5, 0.6) is 0 Å². The van der Waals surface area contributed by atoms with Crippen molar-refractivity contribution in [3.63, 3.8) is 0 Å². The fourth-order valence-electron chi connectivity index (χ4n) is 3.80. The Balaban J connectivity index is 1.62. The van der Waals surface area contributed by atoms with Gasteiger partial charge in [-0.25, -0.2) is 4.79 Å². The molecule has 150 valence electrons. The minimum Gasteiger partial charge on any atom is -0.451 e. The molecule has 1 aliphatic carbocycles. The molecule has 28 heavy (non-hydrogen) atoms. The van der Waals surface area contributed by atoms with Crippen LogP contribution in [0.25, 0.3) is 0 Å². The van der Waals surface area contributed by atoms with Gasteiger partial charge in [0.2, 0.25) is 11.8 Å². The molecule has 1 saturated heterocycles. The quantitative estimate of drug-likeness (QED) is 0.599. The summed E-state index contributed by atoms with van der Waals surface area (Å²) in [6.07, 6.45) is 2.05. The van der Waals surface area contributed by atoms with Gasteiger partial charge in [0, 0.05) is 0 Å². The van der Waals surface area contributed by atoms with Crippen molar-refractivity contribution in [3.05, 3.63) is 29.3 Å². The van der Waals surface area contributed by atoms with Gasteiger partial charge >= 0.3 is 5.97 Å². The average molecular weight is 407 g/mol. The highest BCUT2D eigenvalue weighted by molar-refractivity contribution is 6.33. The second-order valence-corrected chi connectivity index (χ2v) is 7.68. The number of esters is 1. The predicted molar refractivity (Wildman–Crippen MR) is 102 cm³/mol. The van der Waals surface area contributed by atoms with Gasteiger partial charge in [0.15, 0.2) is 6.10 Å². The van der Waals surface area contributed by atoms with Gasteiger partial charge in [-0.1, -0.05) is 36.6 Å². The second kappa shape index (κ2) is 8.31. The molecule has 1 heterocycles. The standard InChI is InChI=1S/C20H23ClN2O5/c1-11(23-18(25)13-7-3-4-8-14(13)19(23)26)20(27)28-12(2)17(24)22-16-10-6-5-9-15(16)21/h5-6,9-14H,3-4,7-8H2,1-2H3,(H,22,24)/t11-,12-,13-,14+/m0/s1. The van der Waals surface area contributed by atoms with Gasteiger partial charge in [0.25, 0.3) is 5.91 Å². The molecule has 0 unspecified atom stereocenters. The molecule has 1 saturated carbocycles. The summed E-state index contributed by atoms with van der Waals surface area (Å²) >= 11 is 6.00. The van der Waals surface area contributed by atoms with Gasteiger partial charge in [-0.05, 0) is 38.8 Å². The lowest BCUT2D eigenvalue weighted by atomic mass is 9.81. The van der Waals surface area contributed by atoms with Crippen LogP contribution in [-0.2, 0) is 23.9 Å². The Bertz CT molecular complexity index is 788. The number of hydrogen-bond donors (Lipinski definition) is 1. The predicted octanol–water partition coefficient (Wildman–Crippen LogP) is 2.77. The Morgan fingerprint density at radius 1 is 1.11 bits per heavy atom. The fraction of sp³-hybridized carbons (Fsp3) is 0.500. The molecule has 2 fully saturated rings. The van der Waals surface area contributed by atoms with E-state index in [0.717, 1.165) is 17.7 Å². The maximum atomic E-state index is 12.6. The number of halogens is 1. The van der Waals surface area contributed by atoms with Gasteiger partial charge in [0.05, 0.1) is 22.5 Å². The number of amides is 3. The summed E-state index contributed by atoms with van der Waals surface area (Å²) < 4.78 is 5.21. The lowest BCUT2D eigenvalue weighted by Gasteiger charge is -2.23. The third-order valence-electron chi connectivity index (χ3n) is 5.40. The Kier molecular flexibility index (Phi) is 6.03. The van der Waals surface area contributed by atoms with E-state index < -0.39 is 24.0 Å². The number of likely N-dealkylation sites (tertiary alicyclic amines) is 1. The van der Waals surface area contributed by atoms with Crippen molar-refractivity contribution >= 4 is 41.0 Å². The molecule has 4 atom stereocenters. The highest BCUT2D eigenvalue weighted by Gasteiger charge is 2.51. The molecule has 0 radical (unpaired) electrons. The molecule has 3 amide bonds. The summed E-state index contributed by atoms with van der Waals surface area (Å²) in [4.78, 5) is 51.0. The first kappa shape index (κ1) is 20.3. The van der Waals surface area contributed by atoms with E-state index in [1.165, 1.54) is 13.8 Å². The van der Waals surface area contributed by atoms with E-state index in [4.69, 9.17) is 16.3 Å². The molecule has 0 aromatic heterocycles. The van der Waals surface area contributed by atoms with Crippen molar-refractivity contribution in [2.24, 2.45) is 11.8 Å². The molecule has 3 rings (SSSR count). The number of ether oxygens (including phenoxy) is 1. The van der Waals surface area contributed by atoms with Gasteiger partial charge in [-0.15, -0.1) is 0 Å². The minimum atomic E-state index is -1.11. The van der Waals surface area contributed by atoms with Crippen LogP contribution in [-0.4, -0.2) is 40.7 Å². The summed E-state index contributed by atoms with van der Waals surface area (Å²) in [5, 5.41) is 2.95. The number of rotatable bonds is 5. The summed E-state index contributed by atoms with van der Waals surface area (Å²) in [6.45, 7) is 2.87. The van der Waals surface area contributed by atoms with Crippen molar-refractivity contribution in [1.29, 1.82) is 0 Å². The maximum Gasteiger partial charge on any atom is 0.329 e. The molecule has 0 bridgehead atoms. The first-order chi connectivity index (χ1) is 13.3. The molecule has 1 aromatic rings. The lowest BCUT2D eigenvalue weighted by Crippen LogP contribution is -2.46. The lowest BCUT2D eigenvalue weighted by molar-refractivity contribution is -0.163. The number of benzene rings is 1. The van der Waals surface area contributed by atoms with Gasteiger partial charge in [-0.3, -0.25) is 19.3 Å². The number of anilines is 1. The molecule has 2 aliphatic rings. The van der Waals surface area contributed by atoms with Crippen molar-refractivity contribution in [3.8, 4) is 0 Å². The summed E-state index contributed by atoms with van der Waals surface area (Å²) in [7, 11) is 0. The second-order valence-electron chi connectivity index (χ2n) is 7.27. The Morgan fingerprint density at radius 2 is 1.68 bits per heavy atom. The number of nitrogens with one attached hydrogen (secondary N) is 1. The van der Waals surface area contributed by atoms with Gasteiger partial charge in [-0.2, -0.15) is 0 Å². The summed E-state index contributed by atoms with van der Waals surface area (Å²) in [5.41, 5.74) is 0.402. The van der Waals surface area contributed by atoms with Gasteiger partial charge < -0.3 is 10.1 Å². The smallest absolute Gasteiger partial charge is 0.329 e. The summed E-state index contributed by atoms with van der Waals surface area (Å²) in [6, 6.07) is 5.62. The molecular weight excluding hydrogens is 384 g/mol. The molecular formula is C20H23ClN2O5. The van der Waals surface area contributed by atoms with Gasteiger partial charge in [0.1, 0.15) is 6.04 Å². The molecule has 1 aromatic carbocycles. The van der Waals surface area contributed by atoms with Crippen LogP contribution in [0, 0.1) is 11.8 Å². The van der Waals surface area contributed by atoms with Crippen LogP contribution >= 0.6 is 11.6 Å². The highest BCUT2D eigenvalue weighted by atomic mass is 35.5. The number of carbonyl (C=O) groups excluding carboxylic acids is 4. The minimum absolute atomic E-state index is 0.313.